The van der Waals surface area contributed by atoms with E-state index in [4.69, 9.17) is 11.6 Å². The fourth-order valence-electron chi connectivity index (χ4n) is 2.83. The molecule has 20 heavy (non-hydrogen) atoms. The molecule has 1 aromatic carbocycles. The first-order valence-corrected chi connectivity index (χ1v) is 8.49. The first-order valence-electron chi connectivity index (χ1n) is 7.07. The molecule has 0 spiro atoms. The van der Waals surface area contributed by atoms with Crippen molar-refractivity contribution in [1.29, 1.82) is 0 Å². The Kier molecular flexibility index (Phi) is 4.32. The molecule has 1 saturated carbocycles. The van der Waals surface area contributed by atoms with Gasteiger partial charge < -0.3 is 5.32 Å². The van der Waals surface area contributed by atoms with E-state index in [0.717, 1.165) is 21.8 Å². The van der Waals surface area contributed by atoms with Crippen LogP contribution in [0.2, 0.25) is 5.15 Å². The summed E-state index contributed by atoms with van der Waals surface area (Å²) in [4.78, 5) is 0. The molecule has 3 rings (SSSR count). The normalized spacial score (nSPS) is 22.3. The fraction of sp³-hybridized carbons (Fsp3) is 0.467. The zero-order chi connectivity index (χ0) is 13.9. The van der Waals surface area contributed by atoms with E-state index in [9.17, 15) is 0 Å². The highest BCUT2D eigenvalue weighted by atomic mass is 35.5. The lowest BCUT2D eigenvalue weighted by molar-refractivity contribution is 0.749. The van der Waals surface area contributed by atoms with Gasteiger partial charge in [-0.05, 0) is 25.0 Å². The molecule has 0 bridgehead atoms. The Morgan fingerprint density at radius 3 is 2.85 bits per heavy atom. The van der Waals surface area contributed by atoms with Crippen molar-refractivity contribution >= 4 is 40.0 Å². The van der Waals surface area contributed by atoms with Crippen LogP contribution in [0.15, 0.2) is 24.3 Å². The minimum atomic E-state index is 0.469. The lowest BCUT2D eigenvalue weighted by Gasteiger charge is -2.15. The molecule has 0 radical (unpaired) electrons. The topological polar surface area (TPSA) is 37.8 Å². The molecule has 1 fully saturated rings. The predicted octanol–water partition coefficient (Wildman–Crippen LogP) is 4.37. The van der Waals surface area contributed by atoms with E-state index >= 15 is 0 Å². The second-order valence-corrected chi connectivity index (χ2v) is 7.05. The lowest BCUT2D eigenvalue weighted by atomic mass is 10.1. The molecular formula is C15H18ClN3S. The first-order chi connectivity index (χ1) is 9.78. The molecule has 2 unspecified atom stereocenters. The number of thioether (sulfide) groups is 1. The third-order valence-corrected chi connectivity index (χ3v) is 5.28. The van der Waals surface area contributed by atoms with Gasteiger partial charge in [0.1, 0.15) is 0 Å². The second kappa shape index (κ2) is 6.19. The van der Waals surface area contributed by atoms with Gasteiger partial charge >= 0.3 is 0 Å². The van der Waals surface area contributed by atoms with Crippen molar-refractivity contribution in [1.82, 2.24) is 10.2 Å². The summed E-state index contributed by atoms with van der Waals surface area (Å²) in [6, 6.07) is 8.52. The van der Waals surface area contributed by atoms with Crippen LogP contribution in [0.3, 0.4) is 0 Å². The van der Waals surface area contributed by atoms with Gasteiger partial charge in [-0.2, -0.15) is 11.8 Å². The zero-order valence-electron chi connectivity index (χ0n) is 11.5. The Hall–Kier alpha value is -1.00. The zero-order valence-corrected chi connectivity index (χ0v) is 13.0. The minimum Gasteiger partial charge on any atom is -0.365 e. The maximum absolute atomic E-state index is 6.11. The third kappa shape index (κ3) is 2.86. The highest BCUT2D eigenvalue weighted by Gasteiger charge is 2.25. The predicted molar refractivity (Wildman–Crippen MR) is 87.7 cm³/mol. The van der Waals surface area contributed by atoms with Crippen LogP contribution in [-0.2, 0) is 0 Å². The Bertz CT molecular complexity index is 605. The molecule has 5 heteroatoms. The number of hydrogen-bond acceptors (Lipinski definition) is 4. The van der Waals surface area contributed by atoms with Crippen LogP contribution in [0.4, 0.5) is 5.82 Å². The van der Waals surface area contributed by atoms with Crippen molar-refractivity contribution in [2.75, 3.05) is 11.1 Å². The molecule has 1 aromatic heterocycles. The number of anilines is 1. The van der Waals surface area contributed by atoms with Crippen molar-refractivity contribution < 1.29 is 0 Å². The van der Waals surface area contributed by atoms with Crippen LogP contribution in [0, 0.1) is 0 Å². The molecule has 1 N–H and O–H groups in total. The van der Waals surface area contributed by atoms with Crippen molar-refractivity contribution in [3.05, 3.63) is 29.4 Å². The largest absolute Gasteiger partial charge is 0.365 e. The minimum absolute atomic E-state index is 0.469. The summed E-state index contributed by atoms with van der Waals surface area (Å²) >= 11 is 8.17. The number of hydrogen-bond donors (Lipinski definition) is 1. The lowest BCUT2D eigenvalue weighted by Crippen LogP contribution is -2.17. The second-order valence-electron chi connectivity index (χ2n) is 5.12. The Labute approximate surface area is 128 Å². The van der Waals surface area contributed by atoms with E-state index in [1.54, 1.807) is 0 Å². The van der Waals surface area contributed by atoms with E-state index < -0.39 is 0 Å². The molecular weight excluding hydrogens is 290 g/mol. The van der Waals surface area contributed by atoms with Gasteiger partial charge in [0.05, 0.1) is 0 Å². The van der Waals surface area contributed by atoms with Gasteiger partial charge in [-0.1, -0.05) is 42.8 Å². The molecule has 0 saturated heterocycles. The summed E-state index contributed by atoms with van der Waals surface area (Å²) in [6.45, 7) is 2.23. The van der Waals surface area contributed by atoms with Gasteiger partial charge in [-0.3, -0.25) is 0 Å². The molecule has 106 valence electrons. The molecule has 3 nitrogen and oxygen atoms in total. The summed E-state index contributed by atoms with van der Waals surface area (Å²) in [5, 5.41) is 15.1. The van der Waals surface area contributed by atoms with Gasteiger partial charge in [0.2, 0.25) is 0 Å². The maximum Gasteiger partial charge on any atom is 0.159 e. The van der Waals surface area contributed by atoms with E-state index in [2.05, 4.69) is 34.2 Å². The van der Waals surface area contributed by atoms with Gasteiger partial charge in [-0.25, -0.2) is 0 Å². The summed E-state index contributed by atoms with van der Waals surface area (Å²) in [5.74, 6) is 2.05. The average Bonchev–Trinajstić information content (AvgIpc) is 2.90. The fourth-order valence-corrected chi connectivity index (χ4v) is 4.17. The van der Waals surface area contributed by atoms with E-state index in [0.29, 0.717) is 11.2 Å². The Morgan fingerprint density at radius 1 is 1.25 bits per heavy atom. The molecule has 1 aliphatic carbocycles. The smallest absolute Gasteiger partial charge is 0.159 e. The number of fused-ring (bicyclic) bond motifs is 1. The molecule has 0 amide bonds. The number of rotatable bonds is 4. The van der Waals surface area contributed by atoms with Gasteiger partial charge in [0.15, 0.2) is 11.0 Å². The van der Waals surface area contributed by atoms with Crippen molar-refractivity contribution in [3.8, 4) is 0 Å². The highest BCUT2D eigenvalue weighted by Crippen LogP contribution is 2.33. The number of aromatic nitrogens is 2. The van der Waals surface area contributed by atoms with Crippen molar-refractivity contribution in [2.24, 2.45) is 0 Å². The number of benzene rings is 1. The Balaban J connectivity index is 1.80. The van der Waals surface area contributed by atoms with Crippen LogP contribution in [0.5, 0.6) is 0 Å². The monoisotopic (exact) mass is 307 g/mol. The van der Waals surface area contributed by atoms with Crippen molar-refractivity contribution in [3.63, 3.8) is 0 Å². The summed E-state index contributed by atoms with van der Waals surface area (Å²) in [6.07, 6.45) is 3.70. The van der Waals surface area contributed by atoms with Crippen LogP contribution in [0.1, 0.15) is 26.2 Å². The van der Waals surface area contributed by atoms with Crippen LogP contribution in [-0.4, -0.2) is 27.2 Å². The summed E-state index contributed by atoms with van der Waals surface area (Å²) in [5.41, 5.74) is 0. The van der Waals surface area contributed by atoms with Gasteiger partial charge in [0, 0.05) is 22.1 Å². The quantitative estimate of drug-likeness (QED) is 0.910. The summed E-state index contributed by atoms with van der Waals surface area (Å²) in [7, 11) is 0. The van der Waals surface area contributed by atoms with E-state index in [-0.39, 0.29) is 0 Å². The standard InChI is InChI=1S/C15H18ClN3S/c1-2-20-11-8-7-10(9-11)17-15-13-6-4-3-5-12(13)14(16)18-19-15/h3-6,10-11H,2,7-9H2,1H3,(H,17,19). The van der Waals surface area contributed by atoms with Crippen LogP contribution >= 0.6 is 23.4 Å². The average molecular weight is 308 g/mol. The maximum atomic E-state index is 6.11. The van der Waals surface area contributed by atoms with E-state index in [1.807, 2.05) is 24.3 Å². The molecule has 0 aliphatic heterocycles. The van der Waals surface area contributed by atoms with Crippen LogP contribution < -0.4 is 5.32 Å². The molecule has 2 atom stereocenters. The Morgan fingerprint density at radius 2 is 2.05 bits per heavy atom. The third-order valence-electron chi connectivity index (χ3n) is 3.77. The SMILES string of the molecule is CCSC1CCC(Nc2nnc(Cl)c3ccccc23)C1. The van der Waals surface area contributed by atoms with Crippen molar-refractivity contribution in [2.45, 2.75) is 37.5 Å². The highest BCUT2D eigenvalue weighted by molar-refractivity contribution is 7.99. The van der Waals surface area contributed by atoms with Gasteiger partial charge in [0.25, 0.3) is 0 Å². The molecule has 1 aliphatic rings. The van der Waals surface area contributed by atoms with Gasteiger partial charge in [-0.15, -0.1) is 10.2 Å². The molecule has 2 aromatic rings. The van der Waals surface area contributed by atoms with Crippen LogP contribution in [0.25, 0.3) is 10.8 Å². The number of halogens is 1. The first kappa shape index (κ1) is 14.0. The number of nitrogens with one attached hydrogen (secondary N) is 1. The summed E-state index contributed by atoms with van der Waals surface area (Å²) < 4.78 is 0. The molecule has 1 heterocycles. The number of nitrogens with zero attached hydrogens (tertiary/aromatic N) is 2. The van der Waals surface area contributed by atoms with E-state index in [1.165, 1.54) is 25.0 Å².